The van der Waals surface area contributed by atoms with Gasteiger partial charge in [-0.05, 0) is 56.4 Å². The topological polar surface area (TPSA) is 102 Å². The number of sulfonamides is 1. The van der Waals surface area contributed by atoms with Crippen LogP contribution >= 0.6 is 0 Å². The molecular weight excluding hydrogens is 462 g/mol. The molecule has 3 atom stereocenters. The second-order valence-electron chi connectivity index (χ2n) is 10.1. The summed E-state index contributed by atoms with van der Waals surface area (Å²) in [4.78, 5) is 18.9. The Balaban J connectivity index is 1.43. The summed E-state index contributed by atoms with van der Waals surface area (Å²) in [6, 6.07) is 13.5. The van der Waals surface area contributed by atoms with Crippen LogP contribution in [0.25, 0.3) is 10.9 Å². The quantitative estimate of drug-likeness (QED) is 0.487. The average molecular weight is 496 g/mol. The van der Waals surface area contributed by atoms with E-state index in [0.29, 0.717) is 19.5 Å². The highest BCUT2D eigenvalue weighted by Crippen LogP contribution is 2.40. The van der Waals surface area contributed by atoms with Crippen molar-refractivity contribution in [2.24, 2.45) is 5.92 Å². The second-order valence-corrected chi connectivity index (χ2v) is 11.8. The van der Waals surface area contributed by atoms with Gasteiger partial charge in [0.05, 0.1) is 10.5 Å². The number of H-pyrrole nitrogens is 1. The fourth-order valence-corrected chi connectivity index (χ4v) is 6.85. The SMILES string of the molecule is Cc1ccc(S(=O)(=O)NC(Cc2c[nH]c3ccccc23)C(=O)N2CCC3(O)CCCCC3C2)cc1. The lowest BCUT2D eigenvalue weighted by molar-refractivity contribution is -0.145. The number of aliphatic hydroxyl groups is 1. The first-order valence-electron chi connectivity index (χ1n) is 12.4. The van der Waals surface area contributed by atoms with E-state index in [9.17, 15) is 18.3 Å². The van der Waals surface area contributed by atoms with E-state index in [1.54, 1.807) is 29.2 Å². The van der Waals surface area contributed by atoms with Crippen LogP contribution in [-0.2, 0) is 21.2 Å². The summed E-state index contributed by atoms with van der Waals surface area (Å²) in [5.74, 6) is -0.199. The number of likely N-dealkylation sites (tertiary alicyclic amines) is 1. The molecule has 186 valence electrons. The summed E-state index contributed by atoms with van der Waals surface area (Å²) < 4.78 is 29.3. The van der Waals surface area contributed by atoms with Crippen LogP contribution in [0.2, 0.25) is 0 Å². The Morgan fingerprint density at radius 2 is 1.94 bits per heavy atom. The number of nitrogens with zero attached hydrogens (tertiary/aromatic N) is 1. The number of nitrogens with one attached hydrogen (secondary N) is 2. The van der Waals surface area contributed by atoms with E-state index in [-0.39, 0.29) is 23.1 Å². The van der Waals surface area contributed by atoms with Gasteiger partial charge in [0.25, 0.3) is 0 Å². The normalized spacial score (nSPS) is 23.7. The van der Waals surface area contributed by atoms with Gasteiger partial charge in [-0.15, -0.1) is 0 Å². The monoisotopic (exact) mass is 495 g/mol. The molecule has 2 aromatic carbocycles. The van der Waals surface area contributed by atoms with Gasteiger partial charge in [0.1, 0.15) is 6.04 Å². The second kappa shape index (κ2) is 9.41. The van der Waals surface area contributed by atoms with Crippen LogP contribution in [0.1, 0.15) is 43.2 Å². The standard InChI is InChI=1S/C27H33N3O4S/c1-19-9-11-22(12-10-19)35(33,34)29-25(16-20-17-28-24-8-3-2-7-23(20)24)26(31)30-15-14-27(32)13-5-4-6-21(27)18-30/h2-3,7-12,17,21,25,28-29,32H,4-6,13-16,18H2,1H3. The molecule has 1 saturated heterocycles. The summed E-state index contributed by atoms with van der Waals surface area (Å²) in [5.41, 5.74) is 2.09. The van der Waals surface area contributed by atoms with Crippen molar-refractivity contribution in [1.29, 1.82) is 0 Å². The fourth-order valence-electron chi connectivity index (χ4n) is 5.66. The van der Waals surface area contributed by atoms with Crippen molar-refractivity contribution in [3.8, 4) is 0 Å². The molecule has 3 unspecified atom stereocenters. The maximum atomic E-state index is 13.8. The number of hydrogen-bond donors (Lipinski definition) is 3. The first-order chi connectivity index (χ1) is 16.7. The Bertz CT molecular complexity index is 1320. The van der Waals surface area contributed by atoms with Crippen LogP contribution in [0.3, 0.4) is 0 Å². The Kier molecular flexibility index (Phi) is 6.46. The molecule has 0 bridgehead atoms. The lowest BCUT2D eigenvalue weighted by Gasteiger charge is -2.48. The molecule has 1 amide bonds. The number of aromatic amines is 1. The van der Waals surface area contributed by atoms with Crippen molar-refractivity contribution >= 4 is 26.8 Å². The van der Waals surface area contributed by atoms with E-state index in [2.05, 4.69) is 9.71 Å². The number of fused-ring (bicyclic) bond motifs is 2. The van der Waals surface area contributed by atoms with Crippen LogP contribution < -0.4 is 4.72 Å². The third-order valence-corrected chi connectivity index (χ3v) is 9.25. The van der Waals surface area contributed by atoms with E-state index in [1.807, 2.05) is 37.4 Å². The van der Waals surface area contributed by atoms with Crippen molar-refractivity contribution in [1.82, 2.24) is 14.6 Å². The molecule has 2 heterocycles. The van der Waals surface area contributed by atoms with Gasteiger partial charge in [-0.25, -0.2) is 8.42 Å². The Morgan fingerprint density at radius 1 is 1.17 bits per heavy atom. The van der Waals surface area contributed by atoms with Crippen molar-refractivity contribution in [2.75, 3.05) is 13.1 Å². The molecule has 7 nitrogen and oxygen atoms in total. The zero-order valence-corrected chi connectivity index (χ0v) is 20.9. The summed E-state index contributed by atoms with van der Waals surface area (Å²) in [6.07, 6.45) is 6.35. The zero-order chi connectivity index (χ0) is 24.6. The summed E-state index contributed by atoms with van der Waals surface area (Å²) in [5, 5.41) is 12.0. The molecule has 3 aromatic rings. The van der Waals surface area contributed by atoms with Crippen molar-refractivity contribution < 1.29 is 18.3 Å². The third kappa shape index (κ3) is 4.87. The fraction of sp³-hybridized carbons (Fsp3) is 0.444. The minimum absolute atomic E-state index is 0.0383. The molecular formula is C27H33N3O4S. The van der Waals surface area contributed by atoms with Gasteiger partial charge in [-0.1, -0.05) is 48.7 Å². The van der Waals surface area contributed by atoms with Crippen LogP contribution in [0.4, 0.5) is 0 Å². The molecule has 0 radical (unpaired) electrons. The lowest BCUT2D eigenvalue weighted by Crippen LogP contribution is -2.58. The summed E-state index contributed by atoms with van der Waals surface area (Å²) in [6.45, 7) is 2.80. The largest absolute Gasteiger partial charge is 0.389 e. The van der Waals surface area contributed by atoms with Gasteiger partial charge in [0.15, 0.2) is 0 Å². The molecule has 35 heavy (non-hydrogen) atoms. The zero-order valence-electron chi connectivity index (χ0n) is 20.0. The highest BCUT2D eigenvalue weighted by atomic mass is 32.2. The summed E-state index contributed by atoms with van der Waals surface area (Å²) >= 11 is 0. The van der Waals surface area contributed by atoms with E-state index in [1.165, 1.54) is 0 Å². The van der Waals surface area contributed by atoms with E-state index >= 15 is 0 Å². The first kappa shape index (κ1) is 24.0. The van der Waals surface area contributed by atoms with Crippen LogP contribution in [0.5, 0.6) is 0 Å². The first-order valence-corrected chi connectivity index (χ1v) is 13.9. The highest BCUT2D eigenvalue weighted by molar-refractivity contribution is 7.89. The molecule has 2 aliphatic rings. The van der Waals surface area contributed by atoms with Gasteiger partial charge in [0, 0.05) is 36.1 Å². The van der Waals surface area contributed by atoms with Crippen molar-refractivity contribution in [2.45, 2.75) is 62.0 Å². The number of benzene rings is 2. The number of piperidine rings is 1. The molecule has 2 fully saturated rings. The number of para-hydroxylation sites is 1. The van der Waals surface area contributed by atoms with Gasteiger partial charge in [0.2, 0.25) is 15.9 Å². The van der Waals surface area contributed by atoms with E-state index < -0.39 is 21.7 Å². The number of aryl methyl sites for hydroxylation is 1. The molecule has 1 saturated carbocycles. The predicted molar refractivity (Wildman–Crippen MR) is 135 cm³/mol. The Labute approximate surface area is 206 Å². The Hall–Kier alpha value is -2.68. The van der Waals surface area contributed by atoms with Gasteiger partial charge >= 0.3 is 0 Å². The highest BCUT2D eigenvalue weighted by Gasteiger charge is 2.45. The van der Waals surface area contributed by atoms with Crippen molar-refractivity contribution in [3.63, 3.8) is 0 Å². The number of amides is 1. The number of rotatable bonds is 6. The number of aromatic nitrogens is 1. The van der Waals surface area contributed by atoms with Gasteiger partial charge < -0.3 is 15.0 Å². The van der Waals surface area contributed by atoms with E-state index in [4.69, 9.17) is 0 Å². The van der Waals surface area contributed by atoms with Gasteiger partial charge in [-0.2, -0.15) is 4.72 Å². The maximum absolute atomic E-state index is 13.8. The minimum Gasteiger partial charge on any atom is -0.389 e. The predicted octanol–water partition coefficient (Wildman–Crippen LogP) is 3.52. The number of hydrogen-bond acceptors (Lipinski definition) is 4. The van der Waals surface area contributed by atoms with Gasteiger partial charge in [-0.3, -0.25) is 4.79 Å². The molecule has 1 aliphatic carbocycles. The molecule has 5 rings (SSSR count). The third-order valence-electron chi connectivity index (χ3n) is 7.77. The number of carbonyl (C=O) groups is 1. The van der Waals surface area contributed by atoms with Crippen LogP contribution in [0, 0.1) is 12.8 Å². The van der Waals surface area contributed by atoms with Crippen molar-refractivity contribution in [3.05, 3.63) is 65.9 Å². The van der Waals surface area contributed by atoms with Crippen LogP contribution in [-0.4, -0.2) is 54.0 Å². The Morgan fingerprint density at radius 3 is 2.74 bits per heavy atom. The minimum atomic E-state index is -3.91. The molecule has 8 heteroatoms. The molecule has 1 aromatic heterocycles. The average Bonchev–Trinajstić information content (AvgIpc) is 3.25. The maximum Gasteiger partial charge on any atom is 0.241 e. The molecule has 3 N–H and O–H groups in total. The number of carbonyl (C=O) groups excluding carboxylic acids is 1. The van der Waals surface area contributed by atoms with Crippen LogP contribution in [0.15, 0.2) is 59.6 Å². The van der Waals surface area contributed by atoms with E-state index in [0.717, 1.165) is 47.7 Å². The summed E-state index contributed by atoms with van der Waals surface area (Å²) in [7, 11) is -3.91. The molecule has 0 spiro atoms. The smallest absolute Gasteiger partial charge is 0.241 e. The lowest BCUT2D eigenvalue weighted by atomic mass is 9.71. The molecule has 1 aliphatic heterocycles.